The first-order valence-electron chi connectivity index (χ1n) is 6.42. The van der Waals surface area contributed by atoms with Gasteiger partial charge in [-0.3, -0.25) is 0 Å². The summed E-state index contributed by atoms with van der Waals surface area (Å²) in [6.45, 7) is 0.570. The molecule has 0 aromatic heterocycles. The van der Waals surface area contributed by atoms with Gasteiger partial charge in [-0.15, -0.1) is 0 Å². The first-order chi connectivity index (χ1) is 9.79. The monoisotopic (exact) mass is 343 g/mol. The first-order valence-corrected chi connectivity index (χ1v) is 8.03. The lowest BCUT2D eigenvalue weighted by atomic mass is 10.0. The van der Waals surface area contributed by atoms with Gasteiger partial charge in [0.1, 0.15) is 0 Å². The second-order valence-electron chi connectivity index (χ2n) is 4.51. The molecule has 0 spiro atoms. The van der Waals surface area contributed by atoms with E-state index in [1.807, 2.05) is 6.07 Å². The highest BCUT2D eigenvalue weighted by Crippen LogP contribution is 2.37. The lowest BCUT2D eigenvalue weighted by molar-refractivity contribution is 1.08. The van der Waals surface area contributed by atoms with E-state index in [1.165, 1.54) is 26.1 Å². The molecule has 0 saturated heterocycles. The zero-order chi connectivity index (χ0) is 13.9. The van der Waals surface area contributed by atoms with Crippen LogP contribution in [0.25, 0.3) is 10.8 Å². The summed E-state index contributed by atoms with van der Waals surface area (Å²) in [6, 6.07) is 21.0. The normalized spacial score (nSPS) is 10.9. The summed E-state index contributed by atoms with van der Waals surface area (Å²) in [7, 11) is 0. The summed E-state index contributed by atoms with van der Waals surface area (Å²) in [5.74, 6) is 0. The van der Waals surface area contributed by atoms with Crippen molar-refractivity contribution in [2.24, 2.45) is 5.73 Å². The minimum absolute atomic E-state index is 0.570. The van der Waals surface area contributed by atoms with Crippen molar-refractivity contribution >= 4 is 38.5 Å². The van der Waals surface area contributed by atoms with E-state index in [-0.39, 0.29) is 0 Å². The second-order valence-corrected chi connectivity index (χ2v) is 6.44. The van der Waals surface area contributed by atoms with Crippen LogP contribution in [-0.2, 0) is 6.54 Å². The molecule has 0 aliphatic rings. The van der Waals surface area contributed by atoms with Gasteiger partial charge in [-0.05, 0) is 50.5 Å². The molecule has 0 saturated carbocycles. The molecule has 1 nitrogen and oxygen atoms in total. The molecule has 0 unspecified atom stereocenters. The minimum atomic E-state index is 0.570. The molecule has 3 aromatic rings. The van der Waals surface area contributed by atoms with Gasteiger partial charge in [-0.1, -0.05) is 54.2 Å². The molecule has 0 fully saturated rings. The van der Waals surface area contributed by atoms with E-state index < -0.39 is 0 Å². The third-order valence-corrected chi connectivity index (χ3v) is 5.36. The third kappa shape index (κ3) is 2.62. The summed E-state index contributed by atoms with van der Waals surface area (Å²) < 4.78 is 1.12. The highest BCUT2D eigenvalue weighted by molar-refractivity contribution is 9.10. The van der Waals surface area contributed by atoms with Crippen LogP contribution in [0.4, 0.5) is 0 Å². The average Bonchev–Trinajstić information content (AvgIpc) is 2.50. The Balaban J connectivity index is 2.11. The molecular weight excluding hydrogens is 330 g/mol. The van der Waals surface area contributed by atoms with E-state index in [2.05, 4.69) is 70.5 Å². The van der Waals surface area contributed by atoms with Crippen molar-refractivity contribution < 1.29 is 0 Å². The highest BCUT2D eigenvalue weighted by atomic mass is 79.9. The van der Waals surface area contributed by atoms with Crippen LogP contribution in [0, 0.1) is 0 Å². The molecule has 3 rings (SSSR count). The zero-order valence-electron chi connectivity index (χ0n) is 10.8. The largest absolute Gasteiger partial charge is 0.326 e. The molecule has 0 radical (unpaired) electrons. The number of hydrogen-bond donors (Lipinski definition) is 1. The van der Waals surface area contributed by atoms with Gasteiger partial charge >= 0.3 is 0 Å². The van der Waals surface area contributed by atoms with Crippen molar-refractivity contribution in [2.75, 3.05) is 0 Å². The molecule has 2 N–H and O–H groups in total. The fourth-order valence-corrected chi connectivity index (χ4v) is 3.75. The standard InChI is InChI=1S/C17H14BrNS/c18-15-7-3-4-8-17(15)20-16-10-9-12(11-19)13-5-1-2-6-14(13)16/h1-10H,11,19H2. The number of hydrogen-bond acceptors (Lipinski definition) is 2. The third-order valence-electron chi connectivity index (χ3n) is 3.25. The number of rotatable bonds is 3. The molecule has 20 heavy (non-hydrogen) atoms. The van der Waals surface area contributed by atoms with E-state index in [0.29, 0.717) is 6.54 Å². The number of halogens is 1. The highest BCUT2D eigenvalue weighted by Gasteiger charge is 2.07. The number of fused-ring (bicyclic) bond motifs is 1. The van der Waals surface area contributed by atoms with Gasteiger partial charge in [0.25, 0.3) is 0 Å². The fraction of sp³-hybridized carbons (Fsp3) is 0.0588. The van der Waals surface area contributed by atoms with Crippen LogP contribution < -0.4 is 5.73 Å². The lowest BCUT2D eigenvalue weighted by Crippen LogP contribution is -1.97. The molecule has 0 atom stereocenters. The van der Waals surface area contributed by atoms with Gasteiger partial charge in [0.05, 0.1) is 0 Å². The summed E-state index contributed by atoms with van der Waals surface area (Å²) in [5, 5.41) is 2.50. The number of nitrogens with two attached hydrogens (primary N) is 1. The second kappa shape index (κ2) is 6.00. The molecule has 0 bridgehead atoms. The lowest BCUT2D eigenvalue weighted by Gasteiger charge is -2.10. The Hall–Kier alpha value is -1.29. The van der Waals surface area contributed by atoms with Crippen molar-refractivity contribution in [3.8, 4) is 0 Å². The van der Waals surface area contributed by atoms with Gasteiger partial charge < -0.3 is 5.73 Å². The summed E-state index contributed by atoms with van der Waals surface area (Å²) in [6.07, 6.45) is 0. The van der Waals surface area contributed by atoms with Gasteiger partial charge in [0.15, 0.2) is 0 Å². The van der Waals surface area contributed by atoms with E-state index in [4.69, 9.17) is 5.73 Å². The van der Waals surface area contributed by atoms with Crippen LogP contribution in [0.2, 0.25) is 0 Å². The van der Waals surface area contributed by atoms with E-state index in [0.717, 1.165) is 4.47 Å². The van der Waals surface area contributed by atoms with Gasteiger partial charge in [0, 0.05) is 20.8 Å². The van der Waals surface area contributed by atoms with Crippen LogP contribution in [0.15, 0.2) is 74.9 Å². The van der Waals surface area contributed by atoms with Crippen molar-refractivity contribution in [3.05, 3.63) is 70.7 Å². The van der Waals surface area contributed by atoms with E-state index in [9.17, 15) is 0 Å². The predicted molar refractivity (Wildman–Crippen MR) is 90.1 cm³/mol. The molecule has 3 heteroatoms. The van der Waals surface area contributed by atoms with Crippen LogP contribution in [0.3, 0.4) is 0 Å². The van der Waals surface area contributed by atoms with Crippen LogP contribution >= 0.6 is 27.7 Å². The fourth-order valence-electron chi connectivity index (χ4n) is 2.25. The van der Waals surface area contributed by atoms with Crippen molar-refractivity contribution in [2.45, 2.75) is 16.3 Å². The van der Waals surface area contributed by atoms with Gasteiger partial charge in [0.2, 0.25) is 0 Å². The maximum atomic E-state index is 5.83. The van der Waals surface area contributed by atoms with Gasteiger partial charge in [-0.25, -0.2) is 0 Å². The summed E-state index contributed by atoms with van der Waals surface area (Å²) in [4.78, 5) is 2.47. The Morgan fingerprint density at radius 3 is 2.25 bits per heavy atom. The van der Waals surface area contributed by atoms with Gasteiger partial charge in [-0.2, -0.15) is 0 Å². The molecule has 3 aromatic carbocycles. The van der Waals surface area contributed by atoms with Crippen LogP contribution in [-0.4, -0.2) is 0 Å². The maximum absolute atomic E-state index is 5.83. The molecule has 0 aliphatic carbocycles. The quantitative estimate of drug-likeness (QED) is 0.706. The predicted octanol–water partition coefficient (Wildman–Crippen LogP) is 5.21. The molecule has 100 valence electrons. The molecule has 0 amide bonds. The summed E-state index contributed by atoms with van der Waals surface area (Å²) >= 11 is 5.38. The SMILES string of the molecule is NCc1ccc(Sc2ccccc2Br)c2ccccc12. The Labute approximate surface area is 131 Å². The van der Waals surface area contributed by atoms with Crippen molar-refractivity contribution in [3.63, 3.8) is 0 Å². The minimum Gasteiger partial charge on any atom is -0.326 e. The van der Waals surface area contributed by atoms with E-state index in [1.54, 1.807) is 11.8 Å². The Morgan fingerprint density at radius 1 is 0.800 bits per heavy atom. The smallest absolute Gasteiger partial charge is 0.0314 e. The topological polar surface area (TPSA) is 26.0 Å². The van der Waals surface area contributed by atoms with Crippen LogP contribution in [0.1, 0.15) is 5.56 Å². The summed E-state index contributed by atoms with van der Waals surface area (Å²) in [5.41, 5.74) is 7.02. The van der Waals surface area contributed by atoms with Crippen molar-refractivity contribution in [1.29, 1.82) is 0 Å². The number of benzene rings is 3. The zero-order valence-corrected chi connectivity index (χ0v) is 13.2. The first kappa shape index (κ1) is 13.7. The molecule has 0 aliphatic heterocycles. The van der Waals surface area contributed by atoms with Crippen molar-refractivity contribution in [1.82, 2.24) is 0 Å². The Kier molecular flexibility index (Phi) is 4.10. The molecular formula is C17H14BrNS. The Bertz CT molecular complexity index is 755. The molecule has 0 heterocycles. The van der Waals surface area contributed by atoms with E-state index >= 15 is 0 Å². The average molecular weight is 344 g/mol. The maximum Gasteiger partial charge on any atom is 0.0314 e. The van der Waals surface area contributed by atoms with Crippen LogP contribution in [0.5, 0.6) is 0 Å². The Morgan fingerprint density at radius 2 is 1.50 bits per heavy atom.